The van der Waals surface area contributed by atoms with Crippen LogP contribution >= 0.6 is 11.8 Å². The van der Waals surface area contributed by atoms with Crippen LogP contribution in [0.4, 0.5) is 5.82 Å². The predicted molar refractivity (Wildman–Crippen MR) is 95.0 cm³/mol. The van der Waals surface area contributed by atoms with E-state index in [0.717, 1.165) is 52.9 Å². The fraction of sp³-hybridized carbons (Fsp3) is 0.278. The molecular formula is C18H16N4O2S. The van der Waals surface area contributed by atoms with Crippen molar-refractivity contribution in [2.75, 3.05) is 5.32 Å². The highest BCUT2D eigenvalue weighted by atomic mass is 32.2. The van der Waals surface area contributed by atoms with Crippen LogP contribution in [-0.4, -0.2) is 20.8 Å². The van der Waals surface area contributed by atoms with E-state index in [9.17, 15) is 4.79 Å². The van der Waals surface area contributed by atoms with Crippen molar-refractivity contribution in [1.29, 1.82) is 0 Å². The second kappa shape index (κ2) is 5.77. The van der Waals surface area contributed by atoms with Crippen LogP contribution in [-0.2, 0) is 11.5 Å². The molecule has 3 aromatic rings. The van der Waals surface area contributed by atoms with E-state index in [1.807, 2.05) is 35.0 Å². The van der Waals surface area contributed by atoms with E-state index in [0.29, 0.717) is 11.6 Å². The molecule has 1 N–H and O–H groups in total. The van der Waals surface area contributed by atoms with Gasteiger partial charge in [-0.25, -0.2) is 4.68 Å². The summed E-state index contributed by atoms with van der Waals surface area (Å²) in [4.78, 5) is 12.7. The monoisotopic (exact) mass is 352 g/mol. The molecule has 0 unspecified atom stereocenters. The van der Waals surface area contributed by atoms with E-state index in [1.54, 1.807) is 17.8 Å². The molecule has 0 spiro atoms. The molecule has 126 valence electrons. The zero-order valence-corrected chi connectivity index (χ0v) is 14.3. The zero-order chi connectivity index (χ0) is 16.8. The van der Waals surface area contributed by atoms with Crippen LogP contribution < -0.4 is 5.32 Å². The summed E-state index contributed by atoms with van der Waals surface area (Å²) < 4.78 is 7.11. The molecule has 2 aromatic heterocycles. The maximum Gasteiger partial charge on any atom is 0.279 e. The van der Waals surface area contributed by atoms with Crippen LogP contribution in [0.2, 0.25) is 0 Å². The van der Waals surface area contributed by atoms with Gasteiger partial charge >= 0.3 is 0 Å². The first-order chi connectivity index (χ1) is 12.3. The summed E-state index contributed by atoms with van der Waals surface area (Å²) in [5, 5.41) is 11.6. The normalized spacial score (nSPS) is 16.0. The van der Waals surface area contributed by atoms with Crippen LogP contribution in [0.15, 0.2) is 40.9 Å². The first-order valence-corrected chi connectivity index (χ1v) is 9.47. The molecule has 1 aliphatic carbocycles. The van der Waals surface area contributed by atoms with Crippen molar-refractivity contribution in [3.63, 3.8) is 0 Å². The molecule has 0 atom stereocenters. The maximum absolute atomic E-state index is 12.7. The first kappa shape index (κ1) is 14.8. The van der Waals surface area contributed by atoms with Crippen molar-refractivity contribution in [3.05, 3.63) is 59.1 Å². The Kier molecular flexibility index (Phi) is 3.41. The van der Waals surface area contributed by atoms with Crippen LogP contribution in [0.3, 0.4) is 0 Å². The highest BCUT2D eigenvalue weighted by Crippen LogP contribution is 2.40. The number of fused-ring (bicyclic) bond motifs is 1. The van der Waals surface area contributed by atoms with Crippen LogP contribution in [0.1, 0.15) is 46.3 Å². The quantitative estimate of drug-likeness (QED) is 0.774. The van der Waals surface area contributed by atoms with Gasteiger partial charge in [-0.1, -0.05) is 23.4 Å². The highest BCUT2D eigenvalue weighted by Gasteiger charge is 2.30. The largest absolute Gasteiger partial charge is 0.360 e. The van der Waals surface area contributed by atoms with Gasteiger partial charge in [0.25, 0.3) is 5.91 Å². The number of amides is 1. The van der Waals surface area contributed by atoms with E-state index in [-0.39, 0.29) is 5.91 Å². The standard InChI is InChI=1S/C18H16N4O2S/c23-18(14-8-16(24-21-14)11-6-7-11)19-17-13-9-25-10-15(13)20-22(17)12-4-2-1-3-5-12/h1-5,8,11H,6-7,9-10H2,(H,19,23). The fourth-order valence-electron chi connectivity index (χ4n) is 3.03. The summed E-state index contributed by atoms with van der Waals surface area (Å²) in [6, 6.07) is 11.6. The summed E-state index contributed by atoms with van der Waals surface area (Å²) in [6.45, 7) is 0. The van der Waals surface area contributed by atoms with Crippen molar-refractivity contribution in [2.24, 2.45) is 0 Å². The third-order valence-corrected chi connectivity index (χ3v) is 5.50. The molecule has 25 heavy (non-hydrogen) atoms. The minimum absolute atomic E-state index is 0.257. The lowest BCUT2D eigenvalue weighted by Gasteiger charge is -2.09. The zero-order valence-electron chi connectivity index (χ0n) is 13.4. The number of benzene rings is 1. The van der Waals surface area contributed by atoms with Crippen LogP contribution in [0.25, 0.3) is 5.69 Å². The molecule has 1 fully saturated rings. The van der Waals surface area contributed by atoms with Gasteiger partial charge in [0.2, 0.25) is 0 Å². The molecule has 3 heterocycles. The van der Waals surface area contributed by atoms with Gasteiger partial charge in [0.05, 0.1) is 11.4 Å². The molecule has 6 nitrogen and oxygen atoms in total. The molecule has 1 aliphatic heterocycles. The second-order valence-electron chi connectivity index (χ2n) is 6.36. The summed E-state index contributed by atoms with van der Waals surface area (Å²) in [6.07, 6.45) is 2.23. The molecule has 0 radical (unpaired) electrons. The van der Waals surface area contributed by atoms with Gasteiger partial charge in [-0.05, 0) is 25.0 Å². The van der Waals surface area contributed by atoms with Gasteiger partial charge in [0.15, 0.2) is 5.69 Å². The summed E-state index contributed by atoms with van der Waals surface area (Å²) in [7, 11) is 0. The molecule has 2 aliphatic rings. The Balaban J connectivity index is 1.49. The van der Waals surface area contributed by atoms with Gasteiger partial charge in [-0.2, -0.15) is 16.9 Å². The van der Waals surface area contributed by atoms with E-state index in [2.05, 4.69) is 15.6 Å². The van der Waals surface area contributed by atoms with E-state index >= 15 is 0 Å². The Morgan fingerprint density at radius 2 is 2.08 bits per heavy atom. The van der Waals surface area contributed by atoms with Gasteiger partial charge in [0.1, 0.15) is 11.6 Å². The molecule has 1 aromatic carbocycles. The number of para-hydroxylation sites is 1. The van der Waals surface area contributed by atoms with Gasteiger partial charge in [-0.3, -0.25) is 4.79 Å². The third kappa shape index (κ3) is 2.64. The summed E-state index contributed by atoms with van der Waals surface area (Å²) >= 11 is 1.81. The Morgan fingerprint density at radius 3 is 2.88 bits per heavy atom. The Labute approximate surface area is 148 Å². The van der Waals surface area contributed by atoms with Gasteiger partial charge in [0, 0.05) is 29.1 Å². The molecule has 1 saturated carbocycles. The number of thioether (sulfide) groups is 1. The fourth-order valence-corrected chi connectivity index (χ4v) is 4.06. The van der Waals surface area contributed by atoms with E-state index < -0.39 is 0 Å². The van der Waals surface area contributed by atoms with Gasteiger partial charge < -0.3 is 9.84 Å². The number of nitrogens with zero attached hydrogens (tertiary/aromatic N) is 3. The van der Waals surface area contributed by atoms with Crippen molar-refractivity contribution < 1.29 is 9.32 Å². The van der Waals surface area contributed by atoms with Crippen LogP contribution in [0, 0.1) is 0 Å². The molecule has 0 saturated heterocycles. The predicted octanol–water partition coefficient (Wildman–Crippen LogP) is 3.74. The highest BCUT2D eigenvalue weighted by molar-refractivity contribution is 7.98. The Morgan fingerprint density at radius 1 is 1.24 bits per heavy atom. The maximum atomic E-state index is 12.7. The van der Waals surface area contributed by atoms with Crippen molar-refractivity contribution >= 4 is 23.5 Å². The average molecular weight is 352 g/mol. The van der Waals surface area contributed by atoms with Crippen molar-refractivity contribution in [3.8, 4) is 5.69 Å². The summed E-state index contributed by atoms with van der Waals surface area (Å²) in [5.41, 5.74) is 3.37. The minimum atomic E-state index is -0.257. The SMILES string of the molecule is O=C(Nc1c2c(nn1-c1ccccc1)CSC2)c1cc(C2CC2)on1. The molecule has 5 rings (SSSR count). The number of nitrogens with one attached hydrogen (secondary N) is 1. The lowest BCUT2D eigenvalue weighted by molar-refractivity contribution is 0.101. The Hall–Kier alpha value is -2.54. The molecule has 7 heteroatoms. The van der Waals surface area contributed by atoms with E-state index in [1.165, 1.54) is 0 Å². The minimum Gasteiger partial charge on any atom is -0.360 e. The van der Waals surface area contributed by atoms with Gasteiger partial charge in [-0.15, -0.1) is 0 Å². The Bertz CT molecular complexity index is 943. The van der Waals surface area contributed by atoms with Crippen molar-refractivity contribution in [2.45, 2.75) is 30.3 Å². The first-order valence-electron chi connectivity index (χ1n) is 8.31. The second-order valence-corrected chi connectivity index (χ2v) is 7.34. The topological polar surface area (TPSA) is 73.0 Å². The van der Waals surface area contributed by atoms with Crippen molar-refractivity contribution in [1.82, 2.24) is 14.9 Å². The molecule has 0 bridgehead atoms. The number of carbonyl (C=O) groups excluding carboxylic acids is 1. The lowest BCUT2D eigenvalue weighted by Crippen LogP contribution is -2.16. The number of anilines is 1. The number of hydrogen-bond donors (Lipinski definition) is 1. The number of rotatable bonds is 4. The van der Waals surface area contributed by atoms with E-state index in [4.69, 9.17) is 4.52 Å². The smallest absolute Gasteiger partial charge is 0.279 e. The van der Waals surface area contributed by atoms with Crippen LogP contribution in [0.5, 0.6) is 0 Å². The molecule has 1 amide bonds. The number of carbonyl (C=O) groups is 1. The third-order valence-electron chi connectivity index (χ3n) is 4.53. The number of aromatic nitrogens is 3. The lowest BCUT2D eigenvalue weighted by atomic mass is 10.2. The average Bonchev–Trinajstić information content (AvgIpc) is 3.07. The molecular weight excluding hydrogens is 336 g/mol. The number of hydrogen-bond acceptors (Lipinski definition) is 5. The summed E-state index contributed by atoms with van der Waals surface area (Å²) in [5.74, 6) is 3.43.